The molecule has 0 unspecified atom stereocenters. The number of nitrogens with one attached hydrogen (secondary N) is 1. The van der Waals surface area contributed by atoms with Gasteiger partial charge >= 0.3 is 0 Å². The lowest BCUT2D eigenvalue weighted by atomic mass is 10.4. The van der Waals surface area contributed by atoms with Crippen LogP contribution >= 0.6 is 0 Å². The zero-order valence-electron chi connectivity index (χ0n) is 9.54. The van der Waals surface area contributed by atoms with Gasteiger partial charge in [-0.15, -0.1) is 0 Å². The van der Waals surface area contributed by atoms with Crippen LogP contribution < -0.4 is 5.32 Å². The van der Waals surface area contributed by atoms with Crippen molar-refractivity contribution < 1.29 is 4.52 Å². The average Bonchev–Trinajstić information content (AvgIpc) is 2.89. The first-order valence-electron chi connectivity index (χ1n) is 5.92. The Hall–Kier alpha value is -1.69. The lowest BCUT2D eigenvalue weighted by molar-refractivity contribution is 0.372. The first kappa shape index (κ1) is 10.5. The van der Waals surface area contributed by atoms with E-state index >= 15 is 0 Å². The Labute approximate surface area is 99.0 Å². The fourth-order valence-corrected chi connectivity index (χ4v) is 1.66. The summed E-state index contributed by atoms with van der Waals surface area (Å²) in [4.78, 5) is 4.34. The highest BCUT2D eigenvalue weighted by Crippen LogP contribution is 2.38. The van der Waals surface area contributed by atoms with E-state index in [1.807, 2.05) is 16.9 Å². The Morgan fingerprint density at radius 3 is 3.18 bits per heavy atom. The van der Waals surface area contributed by atoms with Gasteiger partial charge < -0.3 is 9.84 Å². The molecule has 3 rings (SSSR count). The van der Waals surface area contributed by atoms with E-state index in [-0.39, 0.29) is 0 Å². The molecule has 0 saturated heterocycles. The van der Waals surface area contributed by atoms with Crippen LogP contribution in [0.4, 0.5) is 0 Å². The maximum Gasteiger partial charge on any atom is 0.229 e. The SMILES string of the molecule is c1cnn(CCNCc2noc(C3CC3)n2)c1. The molecule has 0 spiro atoms. The highest BCUT2D eigenvalue weighted by atomic mass is 16.5. The lowest BCUT2D eigenvalue weighted by Gasteiger charge is -2.01. The summed E-state index contributed by atoms with van der Waals surface area (Å²) in [5.41, 5.74) is 0. The van der Waals surface area contributed by atoms with Crippen LogP contribution in [0.3, 0.4) is 0 Å². The molecular formula is C11H15N5O. The molecule has 90 valence electrons. The molecule has 1 saturated carbocycles. The van der Waals surface area contributed by atoms with Crippen molar-refractivity contribution >= 4 is 0 Å². The molecule has 0 aliphatic heterocycles. The van der Waals surface area contributed by atoms with Gasteiger partial charge in [-0.1, -0.05) is 5.16 Å². The Morgan fingerprint density at radius 1 is 1.47 bits per heavy atom. The molecule has 2 aromatic heterocycles. The molecule has 17 heavy (non-hydrogen) atoms. The van der Waals surface area contributed by atoms with Gasteiger partial charge in [0.05, 0.1) is 13.1 Å². The smallest absolute Gasteiger partial charge is 0.229 e. The standard InChI is InChI=1S/C11H15N5O/c1-4-13-16(6-1)7-5-12-8-10-14-11(17-15-10)9-2-3-9/h1,4,6,9,12H,2-3,5,7-8H2. The quantitative estimate of drug-likeness (QED) is 0.752. The van der Waals surface area contributed by atoms with Gasteiger partial charge in [-0.3, -0.25) is 4.68 Å². The van der Waals surface area contributed by atoms with E-state index in [9.17, 15) is 0 Å². The topological polar surface area (TPSA) is 68.8 Å². The Kier molecular flexibility index (Phi) is 2.87. The highest BCUT2D eigenvalue weighted by Gasteiger charge is 2.29. The molecule has 0 amide bonds. The van der Waals surface area contributed by atoms with Gasteiger partial charge in [-0.2, -0.15) is 10.1 Å². The molecule has 1 aliphatic rings. The third-order valence-corrected chi connectivity index (χ3v) is 2.77. The zero-order valence-corrected chi connectivity index (χ0v) is 9.54. The summed E-state index contributed by atoms with van der Waals surface area (Å²) in [5.74, 6) is 2.07. The van der Waals surface area contributed by atoms with Crippen LogP contribution in [-0.2, 0) is 13.1 Å². The highest BCUT2D eigenvalue weighted by molar-refractivity contribution is 5.01. The van der Waals surface area contributed by atoms with Crippen LogP contribution in [0.25, 0.3) is 0 Å². The molecule has 6 heteroatoms. The summed E-state index contributed by atoms with van der Waals surface area (Å²) < 4.78 is 7.06. The summed E-state index contributed by atoms with van der Waals surface area (Å²) in [6.45, 7) is 2.34. The molecule has 2 aromatic rings. The van der Waals surface area contributed by atoms with Gasteiger partial charge in [-0.05, 0) is 18.9 Å². The number of nitrogens with zero attached hydrogens (tertiary/aromatic N) is 4. The number of rotatable bonds is 6. The maximum atomic E-state index is 5.17. The molecule has 0 aromatic carbocycles. The zero-order chi connectivity index (χ0) is 11.5. The van der Waals surface area contributed by atoms with Crippen LogP contribution in [0.2, 0.25) is 0 Å². The lowest BCUT2D eigenvalue weighted by Crippen LogP contribution is -2.20. The maximum absolute atomic E-state index is 5.17. The molecule has 1 fully saturated rings. The minimum absolute atomic E-state index is 0.528. The molecule has 2 heterocycles. The molecule has 6 nitrogen and oxygen atoms in total. The predicted molar refractivity (Wildman–Crippen MR) is 60.2 cm³/mol. The van der Waals surface area contributed by atoms with Crippen LogP contribution in [0.1, 0.15) is 30.5 Å². The van der Waals surface area contributed by atoms with Gasteiger partial charge in [0.25, 0.3) is 0 Å². The second kappa shape index (κ2) is 4.67. The van der Waals surface area contributed by atoms with E-state index in [1.54, 1.807) is 6.20 Å². The average molecular weight is 233 g/mol. The van der Waals surface area contributed by atoms with E-state index < -0.39 is 0 Å². The van der Waals surface area contributed by atoms with E-state index in [1.165, 1.54) is 12.8 Å². The summed E-state index contributed by atoms with van der Waals surface area (Å²) in [5, 5.41) is 11.3. The van der Waals surface area contributed by atoms with Crippen LogP contribution in [0.15, 0.2) is 23.0 Å². The molecule has 0 bridgehead atoms. The molecular weight excluding hydrogens is 218 g/mol. The monoisotopic (exact) mass is 233 g/mol. The van der Waals surface area contributed by atoms with Crippen LogP contribution in [0, 0.1) is 0 Å². The van der Waals surface area contributed by atoms with Crippen molar-refractivity contribution in [2.24, 2.45) is 0 Å². The van der Waals surface area contributed by atoms with Crippen molar-refractivity contribution in [3.63, 3.8) is 0 Å². The van der Waals surface area contributed by atoms with E-state index in [0.29, 0.717) is 12.5 Å². The van der Waals surface area contributed by atoms with Crippen molar-refractivity contribution in [3.8, 4) is 0 Å². The van der Waals surface area contributed by atoms with Crippen molar-refractivity contribution in [3.05, 3.63) is 30.2 Å². The van der Waals surface area contributed by atoms with Gasteiger partial charge in [-0.25, -0.2) is 0 Å². The second-order valence-corrected chi connectivity index (χ2v) is 4.27. The Bertz CT molecular complexity index is 460. The molecule has 1 aliphatic carbocycles. The van der Waals surface area contributed by atoms with Crippen LogP contribution in [-0.4, -0.2) is 26.5 Å². The van der Waals surface area contributed by atoms with Crippen molar-refractivity contribution in [1.29, 1.82) is 0 Å². The van der Waals surface area contributed by atoms with Crippen molar-refractivity contribution in [1.82, 2.24) is 25.2 Å². The summed E-state index contributed by atoms with van der Waals surface area (Å²) in [6, 6.07) is 1.92. The minimum atomic E-state index is 0.528. The number of hydrogen-bond acceptors (Lipinski definition) is 5. The van der Waals surface area contributed by atoms with E-state index in [0.717, 1.165) is 24.8 Å². The van der Waals surface area contributed by atoms with Gasteiger partial charge in [0.15, 0.2) is 5.82 Å². The summed E-state index contributed by atoms with van der Waals surface area (Å²) >= 11 is 0. The number of aromatic nitrogens is 4. The largest absolute Gasteiger partial charge is 0.339 e. The van der Waals surface area contributed by atoms with E-state index in [4.69, 9.17) is 4.52 Å². The third kappa shape index (κ3) is 2.71. The fourth-order valence-electron chi connectivity index (χ4n) is 1.66. The molecule has 1 N–H and O–H groups in total. The first-order chi connectivity index (χ1) is 8.42. The summed E-state index contributed by atoms with van der Waals surface area (Å²) in [7, 11) is 0. The predicted octanol–water partition coefficient (Wildman–Crippen LogP) is 0.933. The fraction of sp³-hybridized carbons (Fsp3) is 0.545. The Balaban J connectivity index is 1.41. The summed E-state index contributed by atoms with van der Waals surface area (Å²) in [6.07, 6.45) is 6.10. The van der Waals surface area contributed by atoms with Crippen molar-refractivity contribution in [2.45, 2.75) is 31.8 Å². The van der Waals surface area contributed by atoms with Gasteiger partial charge in [0, 0.05) is 24.9 Å². The molecule has 0 atom stereocenters. The molecule has 0 radical (unpaired) electrons. The first-order valence-corrected chi connectivity index (χ1v) is 5.92. The second-order valence-electron chi connectivity index (χ2n) is 4.27. The minimum Gasteiger partial charge on any atom is -0.339 e. The van der Waals surface area contributed by atoms with Gasteiger partial charge in [0.1, 0.15) is 0 Å². The van der Waals surface area contributed by atoms with E-state index in [2.05, 4.69) is 20.6 Å². The van der Waals surface area contributed by atoms with Crippen LogP contribution in [0.5, 0.6) is 0 Å². The third-order valence-electron chi connectivity index (χ3n) is 2.77. The Morgan fingerprint density at radius 2 is 2.41 bits per heavy atom. The number of hydrogen-bond donors (Lipinski definition) is 1. The van der Waals surface area contributed by atoms with Crippen molar-refractivity contribution in [2.75, 3.05) is 6.54 Å². The normalized spacial score (nSPS) is 15.3. The van der Waals surface area contributed by atoms with Gasteiger partial charge in [0.2, 0.25) is 5.89 Å².